The molecule has 0 fully saturated rings. The number of aromatic nitrogens is 1. The highest BCUT2D eigenvalue weighted by molar-refractivity contribution is 9.10. The molecular formula is C9H5BrClNO2S. The van der Waals surface area contributed by atoms with Crippen LogP contribution in [-0.2, 0) is 9.05 Å². The monoisotopic (exact) mass is 305 g/mol. The van der Waals surface area contributed by atoms with E-state index in [0.717, 1.165) is 9.86 Å². The summed E-state index contributed by atoms with van der Waals surface area (Å²) in [6.07, 6.45) is 1.53. The van der Waals surface area contributed by atoms with Gasteiger partial charge in [-0.15, -0.1) is 0 Å². The van der Waals surface area contributed by atoms with Gasteiger partial charge < -0.3 is 0 Å². The zero-order valence-electron chi connectivity index (χ0n) is 7.31. The summed E-state index contributed by atoms with van der Waals surface area (Å²) < 4.78 is 23.3. The molecule has 0 N–H and O–H groups in total. The summed E-state index contributed by atoms with van der Waals surface area (Å²) in [5.41, 5.74) is 0.377. The van der Waals surface area contributed by atoms with Gasteiger partial charge in [-0.05, 0) is 18.2 Å². The van der Waals surface area contributed by atoms with E-state index in [1.807, 2.05) is 0 Å². The van der Waals surface area contributed by atoms with Crippen molar-refractivity contribution in [3.8, 4) is 0 Å². The molecule has 2 rings (SSSR count). The molecule has 0 spiro atoms. The molecule has 0 saturated carbocycles. The Morgan fingerprint density at radius 3 is 2.67 bits per heavy atom. The summed E-state index contributed by atoms with van der Waals surface area (Å²) in [6, 6.07) is 6.58. The lowest BCUT2D eigenvalue weighted by Crippen LogP contribution is -1.94. The van der Waals surface area contributed by atoms with Crippen LogP contribution < -0.4 is 0 Å². The Labute approximate surface area is 99.6 Å². The van der Waals surface area contributed by atoms with Crippen molar-refractivity contribution >= 4 is 46.6 Å². The maximum atomic E-state index is 11.3. The van der Waals surface area contributed by atoms with E-state index in [1.54, 1.807) is 18.2 Å². The minimum Gasteiger partial charge on any atom is -0.255 e. The fourth-order valence-electron chi connectivity index (χ4n) is 1.31. The highest BCUT2D eigenvalue weighted by Crippen LogP contribution is 2.29. The third-order valence-electron chi connectivity index (χ3n) is 1.94. The number of rotatable bonds is 1. The SMILES string of the molecule is O=S(=O)(Cl)c1ccc(Br)c2cccnc12. The fraction of sp³-hybridized carbons (Fsp3) is 0. The highest BCUT2D eigenvalue weighted by Gasteiger charge is 2.15. The Morgan fingerprint density at radius 2 is 2.00 bits per heavy atom. The van der Waals surface area contributed by atoms with E-state index in [0.29, 0.717) is 5.52 Å². The van der Waals surface area contributed by atoms with Gasteiger partial charge in [-0.3, -0.25) is 4.98 Å². The summed E-state index contributed by atoms with van der Waals surface area (Å²) in [6.45, 7) is 0. The van der Waals surface area contributed by atoms with E-state index in [-0.39, 0.29) is 4.90 Å². The standard InChI is InChI=1S/C9H5BrClNO2S/c10-7-3-4-8(15(11,13)14)9-6(7)2-1-5-12-9/h1-5H. The molecule has 0 aliphatic carbocycles. The predicted molar refractivity (Wildman–Crippen MR) is 62.5 cm³/mol. The lowest BCUT2D eigenvalue weighted by atomic mass is 10.2. The minimum absolute atomic E-state index is 0.0305. The zero-order valence-corrected chi connectivity index (χ0v) is 10.5. The van der Waals surface area contributed by atoms with Crippen molar-refractivity contribution in [3.05, 3.63) is 34.9 Å². The molecular weight excluding hydrogens is 302 g/mol. The summed E-state index contributed by atoms with van der Waals surface area (Å²) in [4.78, 5) is 4.05. The number of hydrogen-bond acceptors (Lipinski definition) is 3. The minimum atomic E-state index is -3.76. The van der Waals surface area contributed by atoms with Gasteiger partial charge in [0.25, 0.3) is 9.05 Å². The second kappa shape index (κ2) is 3.73. The molecule has 0 amide bonds. The molecule has 1 aromatic heterocycles. The molecule has 3 nitrogen and oxygen atoms in total. The first kappa shape index (κ1) is 10.9. The quantitative estimate of drug-likeness (QED) is 0.761. The van der Waals surface area contributed by atoms with Crippen molar-refractivity contribution in [3.63, 3.8) is 0 Å². The summed E-state index contributed by atoms with van der Waals surface area (Å²) in [5, 5.41) is 0.722. The first-order valence-corrected chi connectivity index (χ1v) is 7.08. The van der Waals surface area contributed by atoms with E-state index in [1.165, 1.54) is 12.3 Å². The Balaban J connectivity index is 2.96. The van der Waals surface area contributed by atoms with E-state index < -0.39 is 9.05 Å². The summed E-state index contributed by atoms with van der Waals surface area (Å²) in [7, 11) is 1.55. The summed E-state index contributed by atoms with van der Waals surface area (Å²) >= 11 is 3.32. The normalized spacial score (nSPS) is 11.9. The Hall–Kier alpha value is -0.650. The zero-order chi connectivity index (χ0) is 11.1. The van der Waals surface area contributed by atoms with Crippen molar-refractivity contribution in [1.29, 1.82) is 0 Å². The fourth-order valence-corrected chi connectivity index (χ4v) is 2.76. The molecule has 6 heteroatoms. The van der Waals surface area contributed by atoms with Crippen LogP contribution in [0.2, 0.25) is 0 Å². The second-order valence-corrected chi connectivity index (χ2v) is 6.27. The molecule has 0 aliphatic heterocycles. The Kier molecular flexibility index (Phi) is 2.70. The van der Waals surface area contributed by atoms with Crippen LogP contribution in [-0.4, -0.2) is 13.4 Å². The molecule has 1 aromatic carbocycles. The first-order valence-electron chi connectivity index (χ1n) is 3.98. The van der Waals surface area contributed by atoms with Gasteiger partial charge in [0.1, 0.15) is 4.90 Å². The number of benzene rings is 1. The third-order valence-corrected chi connectivity index (χ3v) is 3.99. The van der Waals surface area contributed by atoms with Crippen LogP contribution in [0.15, 0.2) is 39.8 Å². The number of nitrogens with zero attached hydrogens (tertiary/aromatic N) is 1. The van der Waals surface area contributed by atoms with Gasteiger partial charge in [-0.2, -0.15) is 0 Å². The van der Waals surface area contributed by atoms with Crippen LogP contribution in [0, 0.1) is 0 Å². The Morgan fingerprint density at radius 1 is 1.27 bits per heavy atom. The van der Waals surface area contributed by atoms with Crippen molar-refractivity contribution in [2.24, 2.45) is 0 Å². The molecule has 0 radical (unpaired) electrons. The average Bonchev–Trinajstić information content (AvgIpc) is 2.17. The van der Waals surface area contributed by atoms with Crippen LogP contribution in [0.25, 0.3) is 10.9 Å². The largest absolute Gasteiger partial charge is 0.263 e. The molecule has 0 atom stereocenters. The third kappa shape index (κ3) is 2.00. The lowest BCUT2D eigenvalue weighted by molar-refractivity contribution is 0.610. The second-order valence-electron chi connectivity index (χ2n) is 2.88. The first-order chi connectivity index (χ1) is 7.00. The van der Waals surface area contributed by atoms with E-state index in [2.05, 4.69) is 20.9 Å². The lowest BCUT2D eigenvalue weighted by Gasteiger charge is -2.03. The van der Waals surface area contributed by atoms with Gasteiger partial charge in [0.15, 0.2) is 0 Å². The van der Waals surface area contributed by atoms with E-state index in [9.17, 15) is 8.42 Å². The molecule has 1 heterocycles. The van der Waals surface area contributed by atoms with Crippen LogP contribution in [0.3, 0.4) is 0 Å². The molecule has 0 unspecified atom stereocenters. The van der Waals surface area contributed by atoms with Crippen LogP contribution in [0.5, 0.6) is 0 Å². The molecule has 2 aromatic rings. The highest BCUT2D eigenvalue weighted by atomic mass is 79.9. The van der Waals surface area contributed by atoms with Crippen LogP contribution in [0.4, 0.5) is 0 Å². The van der Waals surface area contributed by atoms with Crippen LogP contribution >= 0.6 is 26.6 Å². The predicted octanol–water partition coefficient (Wildman–Crippen LogP) is 2.92. The number of halogens is 2. The van der Waals surface area contributed by atoms with Crippen molar-refractivity contribution in [2.75, 3.05) is 0 Å². The van der Waals surface area contributed by atoms with Gasteiger partial charge >= 0.3 is 0 Å². The van der Waals surface area contributed by atoms with Crippen molar-refractivity contribution < 1.29 is 8.42 Å². The van der Waals surface area contributed by atoms with Crippen LogP contribution in [0.1, 0.15) is 0 Å². The van der Waals surface area contributed by atoms with Gasteiger partial charge in [-0.25, -0.2) is 8.42 Å². The van der Waals surface area contributed by atoms with E-state index >= 15 is 0 Å². The molecule has 0 aliphatic rings. The number of pyridine rings is 1. The van der Waals surface area contributed by atoms with Gasteiger partial charge in [0, 0.05) is 26.7 Å². The van der Waals surface area contributed by atoms with E-state index in [4.69, 9.17) is 10.7 Å². The van der Waals surface area contributed by atoms with Crippen molar-refractivity contribution in [1.82, 2.24) is 4.98 Å². The summed E-state index contributed by atoms with van der Waals surface area (Å²) in [5.74, 6) is 0. The van der Waals surface area contributed by atoms with Gasteiger partial charge in [-0.1, -0.05) is 22.0 Å². The number of fused-ring (bicyclic) bond motifs is 1. The van der Waals surface area contributed by atoms with Gasteiger partial charge in [0.05, 0.1) is 5.52 Å². The molecule has 15 heavy (non-hydrogen) atoms. The average molecular weight is 307 g/mol. The van der Waals surface area contributed by atoms with Crippen molar-refractivity contribution in [2.45, 2.75) is 4.90 Å². The number of hydrogen-bond donors (Lipinski definition) is 0. The molecule has 0 saturated heterocycles. The maximum absolute atomic E-state index is 11.3. The molecule has 78 valence electrons. The topological polar surface area (TPSA) is 47.0 Å². The Bertz CT molecular complexity index is 627. The maximum Gasteiger partial charge on any atom is 0.263 e. The molecule has 0 bridgehead atoms. The van der Waals surface area contributed by atoms with Gasteiger partial charge in [0.2, 0.25) is 0 Å². The smallest absolute Gasteiger partial charge is 0.255 e.